The van der Waals surface area contributed by atoms with Crippen LogP contribution >= 0.6 is 39.1 Å². The molecule has 46 heavy (non-hydrogen) atoms. The molecule has 0 saturated carbocycles. The van der Waals surface area contributed by atoms with Gasteiger partial charge in [0.25, 0.3) is 0 Å². The van der Waals surface area contributed by atoms with E-state index in [-0.39, 0.29) is 29.0 Å². The number of ketones is 2. The smallest absolute Gasteiger partial charge is 0.175 e. The van der Waals surface area contributed by atoms with Gasteiger partial charge in [-0.3, -0.25) is 9.59 Å². The van der Waals surface area contributed by atoms with Gasteiger partial charge >= 0.3 is 0 Å². The third-order valence-electron chi connectivity index (χ3n) is 9.18. The summed E-state index contributed by atoms with van der Waals surface area (Å²) in [6.07, 6.45) is 2.32. The average molecular weight is 724 g/mol. The van der Waals surface area contributed by atoms with E-state index in [1.165, 1.54) is 0 Å². The molecule has 0 saturated heterocycles. The minimum atomic E-state index is -0.505. The lowest BCUT2D eigenvalue weighted by atomic mass is 9.63. The first kappa shape index (κ1) is 32.9. The second-order valence-corrected chi connectivity index (χ2v) is 15.9. The number of methoxy groups -OCH3 is 1. The van der Waals surface area contributed by atoms with Crippen molar-refractivity contribution in [2.45, 2.75) is 72.4 Å². The molecule has 1 aliphatic heterocycles. The van der Waals surface area contributed by atoms with Gasteiger partial charge in [0.05, 0.1) is 11.6 Å². The van der Waals surface area contributed by atoms with E-state index in [0.29, 0.717) is 45.4 Å². The Balaban J connectivity index is 1.50. The Morgan fingerprint density at radius 3 is 2.02 bits per heavy atom. The van der Waals surface area contributed by atoms with Crippen LogP contribution in [0.15, 0.2) is 87.7 Å². The first-order chi connectivity index (χ1) is 21.8. The standard InChI is InChI=1S/C38H38BrCl2NO4/c1-37(2)16-28-34(30(43)18-37)33(35-29(17-38(3,4)19-31(35)44)42(28)20-22-9-7-6-8-10-22)24-13-26(39)36(32(14-24)45-5)46-21-23-11-12-25(40)15-27(23)41/h6-15,33H,16-21H2,1-5H3. The lowest BCUT2D eigenvalue weighted by molar-refractivity contribution is -0.119. The van der Waals surface area contributed by atoms with E-state index < -0.39 is 5.92 Å². The van der Waals surface area contributed by atoms with E-state index in [9.17, 15) is 9.59 Å². The van der Waals surface area contributed by atoms with E-state index in [4.69, 9.17) is 32.7 Å². The number of nitrogens with zero attached hydrogens (tertiary/aromatic N) is 1. The van der Waals surface area contributed by atoms with Gasteiger partial charge < -0.3 is 14.4 Å². The number of benzene rings is 3. The molecular weight excluding hydrogens is 685 g/mol. The molecule has 0 amide bonds. The Bertz CT molecular complexity index is 1740. The maximum Gasteiger partial charge on any atom is 0.175 e. The van der Waals surface area contributed by atoms with Crippen molar-refractivity contribution in [2.75, 3.05) is 7.11 Å². The van der Waals surface area contributed by atoms with Crippen LogP contribution in [0.5, 0.6) is 11.5 Å². The molecular formula is C38H38BrCl2NO4. The molecule has 6 rings (SSSR count). The number of hydrogen-bond acceptors (Lipinski definition) is 5. The Morgan fingerprint density at radius 1 is 0.848 bits per heavy atom. The predicted octanol–water partition coefficient (Wildman–Crippen LogP) is 10.2. The van der Waals surface area contributed by atoms with Crippen LogP contribution in [-0.2, 0) is 22.7 Å². The van der Waals surface area contributed by atoms with Gasteiger partial charge in [0.1, 0.15) is 6.61 Å². The highest BCUT2D eigenvalue weighted by molar-refractivity contribution is 9.10. The Morgan fingerprint density at radius 2 is 1.46 bits per heavy atom. The maximum absolute atomic E-state index is 14.2. The fourth-order valence-electron chi connectivity index (χ4n) is 7.17. The van der Waals surface area contributed by atoms with Crippen molar-refractivity contribution in [3.05, 3.63) is 114 Å². The second kappa shape index (κ2) is 12.5. The van der Waals surface area contributed by atoms with Crippen LogP contribution in [0, 0.1) is 10.8 Å². The van der Waals surface area contributed by atoms with Crippen molar-refractivity contribution in [1.29, 1.82) is 0 Å². The number of rotatable bonds is 7. The predicted molar refractivity (Wildman–Crippen MR) is 186 cm³/mol. The molecule has 0 spiro atoms. The molecule has 8 heteroatoms. The van der Waals surface area contributed by atoms with Gasteiger partial charge in [-0.15, -0.1) is 0 Å². The van der Waals surface area contributed by atoms with Crippen LogP contribution in [0.4, 0.5) is 0 Å². The van der Waals surface area contributed by atoms with Crippen LogP contribution < -0.4 is 9.47 Å². The van der Waals surface area contributed by atoms with Crippen molar-refractivity contribution < 1.29 is 19.1 Å². The zero-order valence-corrected chi connectivity index (χ0v) is 29.9. The summed E-state index contributed by atoms with van der Waals surface area (Å²) in [5, 5.41) is 1.06. The van der Waals surface area contributed by atoms with Gasteiger partial charge in [-0.1, -0.05) is 87.3 Å². The van der Waals surface area contributed by atoms with Gasteiger partial charge in [-0.05, 0) is 75.0 Å². The number of ether oxygens (including phenoxy) is 2. The van der Waals surface area contributed by atoms with Crippen molar-refractivity contribution in [2.24, 2.45) is 10.8 Å². The second-order valence-electron chi connectivity index (χ2n) is 14.2. The molecule has 0 radical (unpaired) electrons. The minimum Gasteiger partial charge on any atom is -0.493 e. The van der Waals surface area contributed by atoms with Crippen molar-refractivity contribution in [1.82, 2.24) is 4.90 Å². The summed E-state index contributed by atoms with van der Waals surface area (Å²) in [5.41, 5.74) is 5.81. The van der Waals surface area contributed by atoms with Crippen LogP contribution in [0.1, 0.15) is 76.0 Å². The Hall–Kier alpha value is -3.06. The Kier molecular flexibility index (Phi) is 8.94. The summed E-state index contributed by atoms with van der Waals surface area (Å²) < 4.78 is 12.8. The number of halogens is 3. The molecule has 0 bridgehead atoms. The van der Waals surface area contributed by atoms with E-state index in [1.54, 1.807) is 19.2 Å². The van der Waals surface area contributed by atoms with E-state index in [0.717, 1.165) is 52.1 Å². The van der Waals surface area contributed by atoms with Crippen molar-refractivity contribution >= 4 is 50.7 Å². The van der Waals surface area contributed by atoms with Crippen LogP contribution in [0.2, 0.25) is 10.0 Å². The molecule has 3 aliphatic rings. The number of carbonyl (C=O) groups excluding carboxylic acids is 2. The highest BCUT2D eigenvalue weighted by atomic mass is 79.9. The first-order valence-corrected chi connectivity index (χ1v) is 17.1. The molecule has 240 valence electrons. The monoisotopic (exact) mass is 721 g/mol. The maximum atomic E-state index is 14.2. The topological polar surface area (TPSA) is 55.8 Å². The summed E-state index contributed by atoms with van der Waals surface area (Å²) in [5.74, 6) is 0.679. The molecule has 2 aliphatic carbocycles. The number of carbonyl (C=O) groups is 2. The fraction of sp³-hybridized carbons (Fsp3) is 0.368. The lowest BCUT2D eigenvalue weighted by Gasteiger charge is -2.49. The molecule has 0 fully saturated rings. The summed E-state index contributed by atoms with van der Waals surface area (Å²) in [6, 6.07) is 19.5. The molecule has 0 aromatic heterocycles. The largest absolute Gasteiger partial charge is 0.493 e. The number of allylic oxidation sites excluding steroid dienone is 4. The summed E-state index contributed by atoms with van der Waals surface area (Å²) in [7, 11) is 1.59. The van der Waals surface area contributed by atoms with Crippen LogP contribution in [-0.4, -0.2) is 23.6 Å². The quantitative estimate of drug-likeness (QED) is 0.243. The van der Waals surface area contributed by atoms with Crippen molar-refractivity contribution in [3.63, 3.8) is 0 Å². The molecule has 5 nitrogen and oxygen atoms in total. The van der Waals surface area contributed by atoms with Gasteiger partial charge in [0, 0.05) is 63.5 Å². The zero-order chi connectivity index (χ0) is 33.0. The minimum absolute atomic E-state index is 0.0892. The molecule has 1 heterocycles. The molecule has 0 N–H and O–H groups in total. The summed E-state index contributed by atoms with van der Waals surface area (Å²) in [4.78, 5) is 30.8. The Labute approximate surface area is 289 Å². The highest BCUT2D eigenvalue weighted by Crippen LogP contribution is 2.56. The molecule has 3 aromatic rings. The SMILES string of the molecule is COc1cc(C2C3=C(CC(C)(C)CC3=O)N(Cc3ccccc3)C3=C2C(=O)CC(C)(C)C3)cc(Br)c1OCc1ccc(Cl)cc1Cl. The zero-order valence-electron chi connectivity index (χ0n) is 26.8. The first-order valence-electron chi connectivity index (χ1n) is 15.5. The lowest BCUT2D eigenvalue weighted by Crippen LogP contribution is -2.44. The van der Waals surface area contributed by atoms with Crippen molar-refractivity contribution in [3.8, 4) is 11.5 Å². The average Bonchev–Trinajstić information content (AvgIpc) is 2.97. The van der Waals surface area contributed by atoms with E-state index in [1.807, 2.05) is 36.4 Å². The highest BCUT2D eigenvalue weighted by Gasteiger charge is 2.49. The molecule has 0 atom stereocenters. The summed E-state index contributed by atoms with van der Waals surface area (Å²) >= 11 is 16.2. The van der Waals surface area contributed by atoms with Gasteiger partial charge in [0.15, 0.2) is 23.1 Å². The van der Waals surface area contributed by atoms with Gasteiger partial charge in [-0.25, -0.2) is 0 Å². The normalized spacial score (nSPS) is 19.3. The summed E-state index contributed by atoms with van der Waals surface area (Å²) in [6.45, 7) is 9.43. The van der Waals surface area contributed by atoms with Gasteiger partial charge in [-0.2, -0.15) is 0 Å². The number of hydrogen-bond donors (Lipinski definition) is 0. The third kappa shape index (κ3) is 6.41. The van der Waals surface area contributed by atoms with Gasteiger partial charge in [0.2, 0.25) is 0 Å². The van der Waals surface area contributed by atoms with Crippen LogP contribution in [0.3, 0.4) is 0 Å². The van der Waals surface area contributed by atoms with E-state index in [2.05, 4.69) is 60.7 Å². The third-order valence-corrected chi connectivity index (χ3v) is 10.4. The molecule has 3 aromatic carbocycles. The van der Waals surface area contributed by atoms with E-state index >= 15 is 0 Å². The number of Topliss-reactive ketones (excluding diaryl/α,β-unsaturated/α-hetero) is 2. The molecule has 0 unspecified atom stereocenters. The fourth-order valence-corrected chi connectivity index (χ4v) is 8.21. The van der Waals surface area contributed by atoms with Crippen LogP contribution in [0.25, 0.3) is 0 Å².